The molecule has 4 rings (SSSR count). The van der Waals surface area contributed by atoms with Crippen molar-refractivity contribution in [2.24, 2.45) is 5.10 Å². The van der Waals surface area contributed by atoms with E-state index in [0.717, 1.165) is 5.39 Å². The number of nitrogens with zero attached hydrogens (tertiary/aromatic N) is 3. The highest BCUT2D eigenvalue weighted by atomic mass is 35.5. The smallest absolute Gasteiger partial charge is 0.243 e. The molecular weight excluding hydrogens is 401 g/mol. The van der Waals surface area contributed by atoms with Crippen LogP contribution in [0.25, 0.3) is 10.9 Å². The van der Waals surface area contributed by atoms with Gasteiger partial charge in [-0.3, -0.25) is 4.79 Å². The maximum Gasteiger partial charge on any atom is 0.243 e. The number of ether oxygens (including phenoxy) is 2. The van der Waals surface area contributed by atoms with Crippen LogP contribution in [0.3, 0.4) is 0 Å². The van der Waals surface area contributed by atoms with Crippen molar-refractivity contribution < 1.29 is 14.3 Å². The van der Waals surface area contributed by atoms with E-state index in [0.29, 0.717) is 33.3 Å². The van der Waals surface area contributed by atoms with Gasteiger partial charge >= 0.3 is 0 Å². The molecule has 0 saturated heterocycles. The maximum atomic E-state index is 12.2. The quantitative estimate of drug-likeness (QED) is 0.576. The van der Waals surface area contributed by atoms with Crippen molar-refractivity contribution in [1.29, 1.82) is 0 Å². The Balaban J connectivity index is 1.76. The number of hydrogen-bond acceptors (Lipinski definition) is 5. The molecule has 2 aromatic carbocycles. The molecule has 0 spiro atoms. The van der Waals surface area contributed by atoms with Gasteiger partial charge < -0.3 is 9.47 Å². The van der Waals surface area contributed by atoms with E-state index in [2.05, 4.69) is 10.1 Å². The Kier molecular flexibility index (Phi) is 4.83. The molecule has 1 atom stereocenters. The lowest BCUT2D eigenvalue weighted by atomic mass is 10.1. The van der Waals surface area contributed by atoms with Crippen LogP contribution in [0.4, 0.5) is 0 Å². The number of pyridine rings is 1. The van der Waals surface area contributed by atoms with Gasteiger partial charge in [-0.25, -0.2) is 4.98 Å². The Morgan fingerprint density at radius 2 is 1.89 bits per heavy atom. The van der Waals surface area contributed by atoms with E-state index in [4.69, 9.17) is 32.7 Å². The third-order valence-corrected chi connectivity index (χ3v) is 4.88. The number of hydrogen-bond donors (Lipinski definition) is 0. The van der Waals surface area contributed by atoms with Gasteiger partial charge in [0.05, 0.1) is 18.2 Å². The van der Waals surface area contributed by atoms with Crippen molar-refractivity contribution in [3.8, 4) is 5.75 Å². The second-order valence-corrected chi connectivity index (χ2v) is 6.97. The molecule has 6 nitrogen and oxygen atoms in total. The third-order valence-electron chi connectivity index (χ3n) is 4.33. The first-order valence-corrected chi connectivity index (χ1v) is 9.17. The van der Waals surface area contributed by atoms with E-state index in [1.165, 1.54) is 11.9 Å². The number of fused-ring (bicyclic) bond motifs is 1. The van der Waals surface area contributed by atoms with Gasteiger partial charge in [0.25, 0.3) is 0 Å². The molecule has 0 fully saturated rings. The lowest BCUT2D eigenvalue weighted by molar-refractivity contribution is -0.135. The Hall–Kier alpha value is -2.83. The van der Waals surface area contributed by atoms with E-state index in [1.807, 2.05) is 18.2 Å². The van der Waals surface area contributed by atoms with Gasteiger partial charge in [-0.15, -0.1) is 5.10 Å². The summed E-state index contributed by atoms with van der Waals surface area (Å²) in [6.07, 6.45) is -0.821. The van der Waals surface area contributed by atoms with Crippen LogP contribution < -0.4 is 4.74 Å². The molecule has 0 saturated carbocycles. The fourth-order valence-electron chi connectivity index (χ4n) is 2.93. The Bertz CT molecular complexity index is 1100. The van der Waals surface area contributed by atoms with Crippen LogP contribution in [0, 0.1) is 0 Å². The van der Waals surface area contributed by atoms with Gasteiger partial charge in [-0.05, 0) is 48.5 Å². The minimum absolute atomic E-state index is 0.237. The van der Waals surface area contributed by atoms with Gasteiger partial charge in [0, 0.05) is 22.9 Å². The van der Waals surface area contributed by atoms with Gasteiger partial charge in [-0.1, -0.05) is 23.2 Å². The first kappa shape index (κ1) is 18.5. The number of hydrazone groups is 1. The van der Waals surface area contributed by atoms with Crippen molar-refractivity contribution in [2.75, 3.05) is 7.11 Å². The van der Waals surface area contributed by atoms with Crippen LogP contribution in [0.1, 0.15) is 24.3 Å². The summed E-state index contributed by atoms with van der Waals surface area (Å²) in [5.74, 6) is 0.714. The molecule has 0 radical (unpaired) electrons. The molecule has 8 heteroatoms. The molecular formula is C20H15Cl2N3O3. The fourth-order valence-corrected chi connectivity index (χ4v) is 3.29. The zero-order valence-corrected chi connectivity index (χ0v) is 16.5. The Morgan fingerprint density at radius 3 is 2.57 bits per heavy atom. The average Bonchev–Trinajstić information content (AvgIpc) is 3.13. The summed E-state index contributed by atoms with van der Waals surface area (Å²) in [7, 11) is 1.59. The molecule has 1 aliphatic heterocycles. The van der Waals surface area contributed by atoms with Crippen molar-refractivity contribution in [1.82, 2.24) is 9.99 Å². The summed E-state index contributed by atoms with van der Waals surface area (Å²) >= 11 is 12.4. The summed E-state index contributed by atoms with van der Waals surface area (Å²) < 4.78 is 11.3. The number of carbonyl (C=O) groups is 1. The monoisotopic (exact) mass is 415 g/mol. The number of rotatable bonds is 3. The SMILES string of the molecule is COc1ccc2nc(Cl)c(C3OC(c4ccc(Cl)cc4)=NN3C(C)=O)cc2c1. The van der Waals surface area contributed by atoms with E-state index in [1.54, 1.807) is 37.4 Å². The standard InChI is InChI=1S/C20H15Cl2N3O3/c1-11(26)25-20(28-19(24-25)12-3-5-14(21)6-4-12)16-10-13-9-15(27-2)7-8-17(13)23-18(16)22/h3-10,20H,1-2H3. The van der Waals surface area contributed by atoms with E-state index in [-0.39, 0.29) is 11.1 Å². The number of amides is 1. The predicted molar refractivity (Wildman–Crippen MR) is 108 cm³/mol. The third kappa shape index (κ3) is 3.37. The Labute approximate surface area is 171 Å². The predicted octanol–water partition coefficient (Wildman–Crippen LogP) is 4.79. The second kappa shape index (κ2) is 7.30. The first-order chi connectivity index (χ1) is 13.5. The molecule has 1 aliphatic rings. The van der Waals surface area contributed by atoms with Crippen LogP contribution in [0.15, 0.2) is 53.6 Å². The lowest BCUT2D eigenvalue weighted by Crippen LogP contribution is -2.25. The van der Waals surface area contributed by atoms with E-state index in [9.17, 15) is 4.79 Å². The van der Waals surface area contributed by atoms with Crippen molar-refractivity contribution >= 4 is 45.9 Å². The van der Waals surface area contributed by atoms with Gasteiger partial charge in [-0.2, -0.15) is 5.01 Å². The van der Waals surface area contributed by atoms with Crippen molar-refractivity contribution in [3.63, 3.8) is 0 Å². The number of methoxy groups -OCH3 is 1. The average molecular weight is 416 g/mol. The van der Waals surface area contributed by atoms with Crippen LogP contribution >= 0.6 is 23.2 Å². The topological polar surface area (TPSA) is 64.0 Å². The van der Waals surface area contributed by atoms with Gasteiger partial charge in [0.15, 0.2) is 0 Å². The minimum atomic E-state index is -0.821. The van der Waals surface area contributed by atoms with Crippen LogP contribution in [-0.4, -0.2) is 28.9 Å². The number of carbonyl (C=O) groups excluding carboxylic acids is 1. The highest BCUT2D eigenvalue weighted by Crippen LogP contribution is 2.36. The molecule has 1 unspecified atom stereocenters. The second-order valence-electron chi connectivity index (χ2n) is 6.17. The number of halogens is 2. The zero-order valence-electron chi connectivity index (χ0n) is 15.0. The molecule has 28 heavy (non-hydrogen) atoms. The maximum absolute atomic E-state index is 12.2. The largest absolute Gasteiger partial charge is 0.497 e. The van der Waals surface area contributed by atoms with Crippen LogP contribution in [0.2, 0.25) is 10.2 Å². The molecule has 1 amide bonds. The van der Waals surface area contributed by atoms with Gasteiger partial charge in [0.1, 0.15) is 10.9 Å². The molecule has 0 N–H and O–H groups in total. The van der Waals surface area contributed by atoms with E-state index >= 15 is 0 Å². The molecule has 0 aliphatic carbocycles. The van der Waals surface area contributed by atoms with E-state index < -0.39 is 6.23 Å². The highest BCUT2D eigenvalue weighted by molar-refractivity contribution is 6.31. The first-order valence-electron chi connectivity index (χ1n) is 8.41. The van der Waals surface area contributed by atoms with Crippen molar-refractivity contribution in [3.05, 3.63) is 69.8 Å². The Morgan fingerprint density at radius 1 is 1.14 bits per heavy atom. The zero-order chi connectivity index (χ0) is 19.8. The summed E-state index contributed by atoms with van der Waals surface area (Å²) in [4.78, 5) is 16.6. The number of aromatic nitrogens is 1. The number of benzene rings is 2. The normalized spacial score (nSPS) is 16.1. The summed E-state index contributed by atoms with van der Waals surface area (Å²) in [5.41, 5.74) is 1.94. The van der Waals surface area contributed by atoms with Gasteiger partial charge in [0.2, 0.25) is 18.0 Å². The summed E-state index contributed by atoms with van der Waals surface area (Å²) in [5, 5.41) is 7.22. The lowest BCUT2D eigenvalue weighted by Gasteiger charge is -2.20. The fraction of sp³-hybridized carbons (Fsp3) is 0.150. The molecule has 2 heterocycles. The van der Waals surface area contributed by atoms with Crippen molar-refractivity contribution in [2.45, 2.75) is 13.2 Å². The highest BCUT2D eigenvalue weighted by Gasteiger charge is 2.35. The van der Waals surface area contributed by atoms with Crippen LogP contribution in [0.5, 0.6) is 5.75 Å². The molecule has 3 aromatic rings. The molecule has 1 aromatic heterocycles. The molecule has 142 valence electrons. The summed E-state index contributed by atoms with van der Waals surface area (Å²) in [6.45, 7) is 1.41. The summed E-state index contributed by atoms with van der Waals surface area (Å²) in [6, 6.07) is 14.3. The van der Waals surface area contributed by atoms with Crippen LogP contribution in [-0.2, 0) is 9.53 Å². The molecule has 0 bridgehead atoms. The minimum Gasteiger partial charge on any atom is -0.497 e.